The minimum atomic E-state index is -0.835. The highest BCUT2D eigenvalue weighted by Gasteiger charge is 2.72. The third-order valence-corrected chi connectivity index (χ3v) is 10.6. The van der Waals surface area contributed by atoms with E-state index in [0.717, 1.165) is 44.1 Å². The van der Waals surface area contributed by atoms with E-state index in [4.69, 9.17) is 9.47 Å². The molecule has 5 heteroatoms. The van der Waals surface area contributed by atoms with Gasteiger partial charge >= 0.3 is 11.9 Å². The molecule has 0 radical (unpaired) electrons. The van der Waals surface area contributed by atoms with E-state index < -0.39 is 16.4 Å². The summed E-state index contributed by atoms with van der Waals surface area (Å²) in [6.07, 6.45) is 7.39. The first-order valence-electron chi connectivity index (χ1n) is 13.8. The predicted octanol–water partition coefficient (Wildman–Crippen LogP) is 6.00. The Morgan fingerprint density at radius 2 is 1.75 bits per heavy atom. The van der Waals surface area contributed by atoms with Crippen LogP contribution >= 0.6 is 0 Å². The number of carbonyl (C=O) groups excluding carboxylic acids is 3. The van der Waals surface area contributed by atoms with Gasteiger partial charge in [-0.2, -0.15) is 0 Å². The van der Waals surface area contributed by atoms with E-state index in [1.54, 1.807) is 6.92 Å². The molecule has 0 unspecified atom stereocenters. The van der Waals surface area contributed by atoms with E-state index in [-0.39, 0.29) is 35.0 Å². The van der Waals surface area contributed by atoms with Gasteiger partial charge in [0.2, 0.25) is 0 Å². The summed E-state index contributed by atoms with van der Waals surface area (Å²) in [7, 11) is 0. The van der Waals surface area contributed by atoms with Gasteiger partial charge in [-0.05, 0) is 68.3 Å². The molecule has 6 atom stereocenters. The van der Waals surface area contributed by atoms with E-state index in [2.05, 4.69) is 32.6 Å². The lowest BCUT2D eigenvalue weighted by atomic mass is 9.40. The Hall–Kier alpha value is -2.43. The molecule has 0 aromatic heterocycles. The van der Waals surface area contributed by atoms with Crippen LogP contribution in [0.2, 0.25) is 0 Å². The van der Waals surface area contributed by atoms with Crippen molar-refractivity contribution in [2.45, 2.75) is 90.6 Å². The van der Waals surface area contributed by atoms with Crippen LogP contribution in [-0.2, 0) is 30.3 Å². The molecular weight excluding hydrogens is 452 g/mol. The second kappa shape index (κ2) is 8.85. The molecule has 4 saturated carbocycles. The van der Waals surface area contributed by atoms with Crippen molar-refractivity contribution in [2.75, 3.05) is 6.61 Å². The first-order chi connectivity index (χ1) is 17.1. The van der Waals surface area contributed by atoms with Gasteiger partial charge in [0.15, 0.2) is 5.78 Å². The normalized spacial score (nSPS) is 39.2. The lowest BCUT2D eigenvalue weighted by Gasteiger charge is -2.63. The van der Waals surface area contributed by atoms with Crippen LogP contribution in [0.4, 0.5) is 0 Å². The van der Waals surface area contributed by atoms with Crippen molar-refractivity contribution in [3.8, 4) is 0 Å². The van der Waals surface area contributed by atoms with Crippen LogP contribution in [0.25, 0.3) is 0 Å². The number of hydrogen-bond acceptors (Lipinski definition) is 5. The quantitative estimate of drug-likeness (QED) is 0.360. The first kappa shape index (κ1) is 25.2. The molecule has 0 saturated heterocycles. The Balaban J connectivity index is 1.37. The summed E-state index contributed by atoms with van der Waals surface area (Å²) in [5, 5.41) is 0. The maximum atomic E-state index is 13.8. The molecule has 4 fully saturated rings. The fourth-order valence-corrected chi connectivity index (χ4v) is 8.85. The average Bonchev–Trinajstić information content (AvgIpc) is 3.01. The number of rotatable bonds is 6. The van der Waals surface area contributed by atoms with Crippen molar-refractivity contribution in [2.24, 2.45) is 28.1 Å². The fraction of sp³-hybridized carbons (Fsp3) is 0.645. The maximum absolute atomic E-state index is 13.8. The van der Waals surface area contributed by atoms with Gasteiger partial charge in [-0.15, -0.1) is 0 Å². The number of carbonyl (C=O) groups is 3. The monoisotopic (exact) mass is 492 g/mol. The van der Waals surface area contributed by atoms with Crippen LogP contribution in [0, 0.1) is 28.1 Å². The summed E-state index contributed by atoms with van der Waals surface area (Å²) in [6.45, 7) is 10.8. The van der Waals surface area contributed by atoms with Gasteiger partial charge < -0.3 is 9.47 Å². The Labute approximate surface area is 215 Å². The van der Waals surface area contributed by atoms with E-state index in [1.807, 2.05) is 18.2 Å². The van der Waals surface area contributed by atoms with E-state index >= 15 is 0 Å². The third kappa shape index (κ3) is 3.60. The topological polar surface area (TPSA) is 69.7 Å². The summed E-state index contributed by atoms with van der Waals surface area (Å²) in [6, 6.07) is 10.1. The van der Waals surface area contributed by atoms with Gasteiger partial charge in [-0.3, -0.25) is 14.4 Å². The minimum absolute atomic E-state index is 0.0884. The first-order valence-corrected chi connectivity index (χ1v) is 13.8. The number of Topliss-reactive ketones (excluding diaryl/α,β-unsaturated/α-hetero) is 1. The highest BCUT2D eigenvalue weighted by Crippen LogP contribution is 2.72. The van der Waals surface area contributed by atoms with Crippen molar-refractivity contribution >= 4 is 17.7 Å². The molecule has 194 valence electrons. The molecule has 0 amide bonds. The van der Waals surface area contributed by atoms with Crippen molar-refractivity contribution in [3.05, 3.63) is 48.0 Å². The van der Waals surface area contributed by atoms with Gasteiger partial charge in [0.25, 0.3) is 0 Å². The molecular formula is C31H40O5. The number of hydrogen-bond donors (Lipinski definition) is 0. The molecule has 36 heavy (non-hydrogen) atoms. The lowest BCUT2D eigenvalue weighted by Crippen LogP contribution is -2.60. The molecule has 0 aliphatic heterocycles. The zero-order chi connectivity index (χ0) is 25.8. The largest absolute Gasteiger partial charge is 0.465 e. The summed E-state index contributed by atoms with van der Waals surface area (Å²) in [4.78, 5) is 39.7. The van der Waals surface area contributed by atoms with Crippen LogP contribution in [0.15, 0.2) is 42.5 Å². The summed E-state index contributed by atoms with van der Waals surface area (Å²) in [5.74, 6) is 0.0929. The molecule has 2 bridgehead atoms. The van der Waals surface area contributed by atoms with Gasteiger partial charge in [0.05, 0.1) is 12.0 Å². The van der Waals surface area contributed by atoms with Crippen LogP contribution in [0.3, 0.4) is 0 Å². The van der Waals surface area contributed by atoms with Crippen LogP contribution in [-0.4, -0.2) is 29.9 Å². The number of ether oxygens (including phenoxy) is 2. The van der Waals surface area contributed by atoms with Gasteiger partial charge in [-0.25, -0.2) is 0 Å². The molecule has 1 aromatic carbocycles. The molecule has 0 heterocycles. The second-order valence-corrected chi connectivity index (χ2v) is 12.3. The van der Waals surface area contributed by atoms with Crippen molar-refractivity contribution < 1.29 is 23.9 Å². The fourth-order valence-electron chi connectivity index (χ4n) is 8.85. The van der Waals surface area contributed by atoms with E-state index in [0.29, 0.717) is 37.9 Å². The van der Waals surface area contributed by atoms with Crippen LogP contribution in [0.1, 0.15) is 84.1 Å². The molecule has 1 aromatic rings. The Kier molecular flexibility index (Phi) is 6.20. The zero-order valence-corrected chi connectivity index (χ0v) is 22.1. The third-order valence-electron chi connectivity index (χ3n) is 10.6. The molecule has 1 spiro atoms. The van der Waals surface area contributed by atoms with Crippen molar-refractivity contribution in [1.82, 2.24) is 0 Å². The van der Waals surface area contributed by atoms with Crippen LogP contribution in [0.5, 0.6) is 0 Å². The number of ketones is 1. The molecule has 5 nitrogen and oxygen atoms in total. The van der Waals surface area contributed by atoms with Crippen molar-refractivity contribution in [3.63, 3.8) is 0 Å². The highest BCUT2D eigenvalue weighted by atomic mass is 16.6. The van der Waals surface area contributed by atoms with E-state index in [9.17, 15) is 14.4 Å². The zero-order valence-electron chi connectivity index (χ0n) is 22.1. The Morgan fingerprint density at radius 1 is 1.03 bits per heavy atom. The minimum Gasteiger partial charge on any atom is -0.465 e. The average molecular weight is 493 g/mol. The predicted molar refractivity (Wildman–Crippen MR) is 137 cm³/mol. The van der Waals surface area contributed by atoms with Gasteiger partial charge in [0.1, 0.15) is 5.60 Å². The summed E-state index contributed by atoms with van der Waals surface area (Å²) < 4.78 is 11.9. The number of benzene rings is 1. The summed E-state index contributed by atoms with van der Waals surface area (Å²) >= 11 is 0. The Morgan fingerprint density at radius 3 is 2.47 bits per heavy atom. The lowest BCUT2D eigenvalue weighted by molar-refractivity contribution is -0.195. The van der Waals surface area contributed by atoms with Crippen molar-refractivity contribution in [1.29, 1.82) is 0 Å². The van der Waals surface area contributed by atoms with Gasteiger partial charge in [-0.1, -0.05) is 57.2 Å². The molecule has 0 N–H and O–H groups in total. The van der Waals surface area contributed by atoms with Gasteiger partial charge in [0, 0.05) is 30.3 Å². The van der Waals surface area contributed by atoms with E-state index in [1.165, 1.54) is 0 Å². The maximum Gasteiger partial charge on any atom is 0.312 e. The second-order valence-electron chi connectivity index (χ2n) is 12.3. The number of fused-ring (bicyclic) bond motifs is 3. The Bertz CT molecular complexity index is 1080. The molecule has 4 aliphatic rings. The SMILES string of the molecule is C=C1C(=O)[C@@]23CC[C@H]4[C@@](C)(CCC[C@@]4(C)C(=O)OCCc4ccccc4)[C@@H]2CC[C@]1(OC(=O)CC)C3. The highest BCUT2D eigenvalue weighted by molar-refractivity contribution is 6.05. The standard InChI is InChI=1S/C31H40O5/c1-5-25(32)36-31-18-13-24-28(3)15-9-16-29(4,27(34)35-19-14-22-10-7-6-8-11-22)23(28)12-17-30(24,20-31)26(33)21(31)2/h6-8,10-11,23-24H,2,5,9,12-20H2,1,3-4H3/t23-,24-,28+,29+,30+,31-/m0/s1. The molecule has 5 rings (SSSR count). The smallest absolute Gasteiger partial charge is 0.312 e. The van der Waals surface area contributed by atoms with Crippen LogP contribution < -0.4 is 0 Å². The summed E-state index contributed by atoms with van der Waals surface area (Å²) in [5.41, 5.74) is -0.383. The molecule has 4 aliphatic carbocycles. The number of esters is 2.